The van der Waals surface area contributed by atoms with Crippen LogP contribution in [0.3, 0.4) is 0 Å². The van der Waals surface area contributed by atoms with E-state index in [2.05, 4.69) is 10.6 Å². The summed E-state index contributed by atoms with van der Waals surface area (Å²) in [5.41, 5.74) is -0.430. The van der Waals surface area contributed by atoms with Gasteiger partial charge in [-0.2, -0.15) is 4.72 Å². The fraction of sp³-hybridized carbons (Fsp3) is 0.0714. The molecule has 0 unspecified atom stereocenters. The Bertz CT molecular complexity index is 934. The van der Waals surface area contributed by atoms with Crippen LogP contribution in [-0.2, 0) is 14.8 Å². The quantitative estimate of drug-likeness (QED) is 0.765. The fourth-order valence-corrected chi connectivity index (χ4v) is 3.43. The van der Waals surface area contributed by atoms with E-state index in [4.69, 9.17) is 0 Å². The van der Waals surface area contributed by atoms with Crippen LogP contribution in [0.15, 0.2) is 41.3 Å². The summed E-state index contributed by atoms with van der Waals surface area (Å²) in [4.78, 5) is 11.9. The molecule has 1 heterocycles. The second-order valence-electron chi connectivity index (χ2n) is 4.95. The van der Waals surface area contributed by atoms with E-state index in [-0.39, 0.29) is 16.3 Å². The Labute approximate surface area is 134 Å². The molecule has 126 valence electrons. The molecule has 0 radical (unpaired) electrons. The minimum absolute atomic E-state index is 0.103. The van der Waals surface area contributed by atoms with Crippen LogP contribution < -0.4 is 15.4 Å². The molecule has 3 N–H and O–H groups in total. The third kappa shape index (κ3) is 3.05. The minimum Gasteiger partial charge on any atom is -0.360 e. The molecule has 0 saturated carbocycles. The molecular weight excluding hydrogens is 347 g/mol. The first-order valence-corrected chi connectivity index (χ1v) is 8.09. The number of rotatable bonds is 2. The highest BCUT2D eigenvalue weighted by Gasteiger charge is 2.33. The van der Waals surface area contributed by atoms with Gasteiger partial charge in [-0.1, -0.05) is 0 Å². The van der Waals surface area contributed by atoms with Gasteiger partial charge in [0, 0.05) is 6.07 Å². The van der Waals surface area contributed by atoms with Crippen molar-refractivity contribution in [2.75, 3.05) is 10.6 Å². The minimum atomic E-state index is -4.06. The van der Waals surface area contributed by atoms with Gasteiger partial charge in [0.1, 0.15) is 22.3 Å². The first-order chi connectivity index (χ1) is 11.3. The van der Waals surface area contributed by atoms with Crippen molar-refractivity contribution in [1.82, 2.24) is 4.72 Å². The second kappa shape index (κ2) is 5.80. The van der Waals surface area contributed by atoms with Crippen molar-refractivity contribution >= 4 is 27.3 Å². The van der Waals surface area contributed by atoms with Crippen LogP contribution in [0, 0.1) is 17.5 Å². The Morgan fingerprint density at radius 3 is 2.42 bits per heavy atom. The zero-order chi connectivity index (χ0) is 17.5. The van der Waals surface area contributed by atoms with Crippen LogP contribution >= 0.6 is 0 Å². The van der Waals surface area contributed by atoms with E-state index in [1.807, 2.05) is 4.72 Å². The number of halogens is 3. The molecule has 0 saturated heterocycles. The number of hydrogen-bond acceptors (Lipinski definition) is 4. The molecule has 1 aliphatic heterocycles. The average molecular weight is 357 g/mol. The molecule has 3 rings (SSSR count). The van der Waals surface area contributed by atoms with Gasteiger partial charge < -0.3 is 10.6 Å². The zero-order valence-electron chi connectivity index (χ0n) is 11.8. The second-order valence-corrected chi connectivity index (χ2v) is 6.63. The number of fused-ring (bicyclic) bond motifs is 1. The van der Waals surface area contributed by atoms with Gasteiger partial charge in [-0.25, -0.2) is 21.6 Å². The smallest absolute Gasteiger partial charge is 0.262 e. The lowest BCUT2D eigenvalue weighted by molar-refractivity contribution is -0.117. The van der Waals surface area contributed by atoms with Crippen molar-refractivity contribution in [3.05, 3.63) is 53.8 Å². The number of anilines is 2. The summed E-state index contributed by atoms with van der Waals surface area (Å²) in [6.07, 6.45) is -1.49. The first kappa shape index (κ1) is 16.3. The topological polar surface area (TPSA) is 87.3 Å². The lowest BCUT2D eigenvalue weighted by Gasteiger charge is -2.27. The summed E-state index contributed by atoms with van der Waals surface area (Å²) in [5, 5.41) is 4.63. The van der Waals surface area contributed by atoms with Gasteiger partial charge in [-0.05, 0) is 30.3 Å². The Hall–Kier alpha value is -2.59. The number of amides is 1. The lowest BCUT2D eigenvalue weighted by Crippen LogP contribution is -2.51. The number of hydrogen-bond donors (Lipinski definition) is 3. The highest BCUT2D eigenvalue weighted by atomic mass is 32.2. The number of nitrogens with one attached hydrogen (secondary N) is 3. The lowest BCUT2D eigenvalue weighted by atomic mass is 10.2. The predicted octanol–water partition coefficient (Wildman–Crippen LogP) is 1.77. The Morgan fingerprint density at radius 1 is 1.04 bits per heavy atom. The number of carbonyl (C=O) groups is 1. The normalized spacial score (nSPS) is 18.4. The van der Waals surface area contributed by atoms with Crippen LogP contribution in [0.2, 0.25) is 0 Å². The summed E-state index contributed by atoms with van der Waals surface area (Å²) in [5.74, 6) is -3.49. The predicted molar refractivity (Wildman–Crippen MR) is 79.1 cm³/mol. The molecule has 0 fully saturated rings. The van der Waals surface area contributed by atoms with Gasteiger partial charge in [-0.3, -0.25) is 4.79 Å². The maximum atomic E-state index is 13.6. The largest absolute Gasteiger partial charge is 0.360 e. The summed E-state index contributed by atoms with van der Waals surface area (Å²) in [6, 6.07) is 5.43. The van der Waals surface area contributed by atoms with E-state index in [1.54, 1.807) is 0 Å². The SMILES string of the molecule is O=C(Nc1ccc(F)cc1F)[C@@H]1Nc2cc(F)ccc2S(=O)(=O)N1. The van der Waals surface area contributed by atoms with Crippen molar-refractivity contribution in [2.45, 2.75) is 11.1 Å². The van der Waals surface area contributed by atoms with Crippen molar-refractivity contribution in [3.8, 4) is 0 Å². The Morgan fingerprint density at radius 2 is 1.71 bits per heavy atom. The van der Waals surface area contributed by atoms with Crippen molar-refractivity contribution < 1.29 is 26.4 Å². The third-order valence-electron chi connectivity index (χ3n) is 3.26. The number of benzene rings is 2. The van der Waals surface area contributed by atoms with Crippen LogP contribution in [0.4, 0.5) is 24.5 Å². The molecule has 2 aromatic carbocycles. The molecule has 6 nitrogen and oxygen atoms in total. The maximum Gasteiger partial charge on any atom is 0.262 e. The van der Waals surface area contributed by atoms with Crippen LogP contribution in [0.5, 0.6) is 0 Å². The van der Waals surface area contributed by atoms with Crippen LogP contribution in [-0.4, -0.2) is 20.5 Å². The van der Waals surface area contributed by atoms with Gasteiger partial charge in [0.15, 0.2) is 6.17 Å². The zero-order valence-corrected chi connectivity index (χ0v) is 12.6. The summed E-state index contributed by atoms with van der Waals surface area (Å²) >= 11 is 0. The van der Waals surface area contributed by atoms with Gasteiger partial charge in [0.25, 0.3) is 5.91 Å². The van der Waals surface area contributed by atoms with Crippen LogP contribution in [0.25, 0.3) is 0 Å². The summed E-state index contributed by atoms with van der Waals surface area (Å²) in [6.45, 7) is 0. The molecule has 0 spiro atoms. The van der Waals surface area contributed by atoms with Gasteiger partial charge >= 0.3 is 0 Å². The molecule has 10 heteroatoms. The average Bonchev–Trinajstić information content (AvgIpc) is 2.48. The van der Waals surface area contributed by atoms with Gasteiger partial charge in [0.2, 0.25) is 10.0 Å². The molecule has 1 aliphatic rings. The molecule has 1 amide bonds. The molecule has 1 atom stereocenters. The van der Waals surface area contributed by atoms with Crippen molar-refractivity contribution in [3.63, 3.8) is 0 Å². The summed E-state index contributed by atoms with van der Waals surface area (Å²) < 4.78 is 65.9. The Kier molecular flexibility index (Phi) is 3.93. The number of sulfonamides is 1. The van der Waals surface area contributed by atoms with E-state index in [9.17, 15) is 26.4 Å². The molecule has 0 bridgehead atoms. The highest BCUT2D eigenvalue weighted by Crippen LogP contribution is 2.27. The first-order valence-electron chi connectivity index (χ1n) is 6.60. The molecular formula is C14H10F3N3O3S. The summed E-state index contributed by atoms with van der Waals surface area (Å²) in [7, 11) is -4.06. The third-order valence-corrected chi connectivity index (χ3v) is 4.74. The van der Waals surface area contributed by atoms with E-state index in [1.165, 1.54) is 0 Å². The monoisotopic (exact) mass is 357 g/mol. The van der Waals surface area contributed by atoms with Crippen LogP contribution in [0.1, 0.15) is 0 Å². The number of carbonyl (C=O) groups excluding carboxylic acids is 1. The molecule has 0 aromatic heterocycles. The molecule has 0 aliphatic carbocycles. The van der Waals surface area contributed by atoms with E-state index in [0.29, 0.717) is 6.07 Å². The Balaban J connectivity index is 1.87. The van der Waals surface area contributed by atoms with E-state index < -0.39 is 39.5 Å². The van der Waals surface area contributed by atoms with Crippen molar-refractivity contribution in [2.24, 2.45) is 0 Å². The maximum absolute atomic E-state index is 13.6. The van der Waals surface area contributed by atoms with Crippen molar-refractivity contribution in [1.29, 1.82) is 0 Å². The standard InChI is InChI=1S/C14H10F3N3O3S/c15-7-1-3-10(9(17)5-7)19-14(21)13-18-11-6-8(16)2-4-12(11)24(22,23)20-13/h1-6,13,18,20H,(H,19,21)/t13-/m1/s1. The van der Waals surface area contributed by atoms with Gasteiger partial charge in [-0.15, -0.1) is 0 Å². The van der Waals surface area contributed by atoms with Gasteiger partial charge in [0.05, 0.1) is 11.4 Å². The van der Waals surface area contributed by atoms with E-state index >= 15 is 0 Å². The van der Waals surface area contributed by atoms with E-state index in [0.717, 1.165) is 30.3 Å². The molecule has 2 aromatic rings. The molecule has 24 heavy (non-hydrogen) atoms. The highest BCUT2D eigenvalue weighted by molar-refractivity contribution is 7.89. The fourth-order valence-electron chi connectivity index (χ4n) is 2.17.